The van der Waals surface area contributed by atoms with Gasteiger partial charge in [0.1, 0.15) is 0 Å². The van der Waals surface area contributed by atoms with Gasteiger partial charge in [-0.3, -0.25) is 4.79 Å². The molecule has 0 bridgehead atoms. The molecule has 104 valence electrons. The lowest BCUT2D eigenvalue weighted by atomic mass is 10.1. The summed E-state index contributed by atoms with van der Waals surface area (Å²) in [5.41, 5.74) is 9.36. The molecule has 0 saturated carbocycles. The van der Waals surface area contributed by atoms with Crippen molar-refractivity contribution in [2.24, 2.45) is 5.73 Å². The standard InChI is InChI=1S/C15H20N2O.ClH/c16-10-14-5-2-8-17(14)15(18)13-7-6-11-3-1-4-12(11)9-13;/h6-7,9,14H,1-5,8,10,16H2;1H. The van der Waals surface area contributed by atoms with Crippen molar-refractivity contribution in [3.8, 4) is 0 Å². The van der Waals surface area contributed by atoms with E-state index in [0.717, 1.165) is 31.4 Å². The number of hydrogen-bond donors (Lipinski definition) is 1. The van der Waals surface area contributed by atoms with Crippen LogP contribution in [0.1, 0.15) is 40.7 Å². The molecular weight excluding hydrogens is 260 g/mol. The van der Waals surface area contributed by atoms with Gasteiger partial charge in [0.15, 0.2) is 0 Å². The fraction of sp³-hybridized carbons (Fsp3) is 0.533. The molecule has 1 aliphatic heterocycles. The normalized spacial score (nSPS) is 21.1. The van der Waals surface area contributed by atoms with Crippen molar-refractivity contribution >= 4 is 18.3 Å². The zero-order chi connectivity index (χ0) is 12.5. The van der Waals surface area contributed by atoms with Crippen molar-refractivity contribution in [2.75, 3.05) is 13.1 Å². The lowest BCUT2D eigenvalue weighted by molar-refractivity contribution is 0.0741. The Morgan fingerprint density at radius 1 is 1.26 bits per heavy atom. The minimum absolute atomic E-state index is 0. The largest absolute Gasteiger partial charge is 0.334 e. The molecule has 2 aliphatic rings. The maximum atomic E-state index is 12.5. The van der Waals surface area contributed by atoms with E-state index in [2.05, 4.69) is 12.1 Å². The first-order valence-corrected chi connectivity index (χ1v) is 6.92. The van der Waals surface area contributed by atoms with Gasteiger partial charge in [0.2, 0.25) is 0 Å². The van der Waals surface area contributed by atoms with E-state index in [0.29, 0.717) is 6.54 Å². The topological polar surface area (TPSA) is 46.3 Å². The molecule has 1 unspecified atom stereocenters. The number of hydrogen-bond acceptors (Lipinski definition) is 2. The van der Waals surface area contributed by atoms with Crippen LogP contribution in [0.2, 0.25) is 0 Å². The summed E-state index contributed by atoms with van der Waals surface area (Å²) in [4.78, 5) is 14.4. The van der Waals surface area contributed by atoms with Gasteiger partial charge >= 0.3 is 0 Å². The van der Waals surface area contributed by atoms with Crippen LogP contribution >= 0.6 is 12.4 Å². The molecule has 1 amide bonds. The highest BCUT2D eigenvalue weighted by atomic mass is 35.5. The fourth-order valence-electron chi connectivity index (χ4n) is 3.22. The molecule has 2 N–H and O–H groups in total. The Bertz CT molecular complexity index is 475. The molecule has 1 aliphatic carbocycles. The molecule has 0 spiro atoms. The van der Waals surface area contributed by atoms with Gasteiger partial charge in [0.05, 0.1) is 0 Å². The van der Waals surface area contributed by atoms with Crippen LogP contribution in [0.25, 0.3) is 0 Å². The van der Waals surface area contributed by atoms with Crippen LogP contribution in [0.4, 0.5) is 0 Å². The summed E-state index contributed by atoms with van der Waals surface area (Å²) in [6.07, 6.45) is 5.64. The predicted molar refractivity (Wildman–Crippen MR) is 78.8 cm³/mol. The van der Waals surface area contributed by atoms with Crippen molar-refractivity contribution in [1.29, 1.82) is 0 Å². The zero-order valence-electron chi connectivity index (χ0n) is 11.1. The highest BCUT2D eigenvalue weighted by molar-refractivity contribution is 5.95. The first kappa shape index (κ1) is 14.4. The first-order chi connectivity index (χ1) is 8.79. The summed E-state index contributed by atoms with van der Waals surface area (Å²) in [5, 5.41) is 0. The second-order valence-corrected chi connectivity index (χ2v) is 5.37. The van der Waals surface area contributed by atoms with E-state index in [-0.39, 0.29) is 24.4 Å². The molecule has 0 aromatic heterocycles. The van der Waals surface area contributed by atoms with Crippen molar-refractivity contribution in [2.45, 2.75) is 38.1 Å². The van der Waals surface area contributed by atoms with E-state index in [1.165, 1.54) is 24.0 Å². The molecule has 1 atom stereocenters. The number of benzene rings is 1. The van der Waals surface area contributed by atoms with Gasteiger partial charge in [0.25, 0.3) is 5.91 Å². The Hall–Kier alpha value is -1.06. The van der Waals surface area contributed by atoms with Crippen LogP contribution in [-0.2, 0) is 12.8 Å². The lowest BCUT2D eigenvalue weighted by Crippen LogP contribution is -2.39. The van der Waals surface area contributed by atoms with Crippen molar-refractivity contribution < 1.29 is 4.79 Å². The molecule has 4 heteroatoms. The Morgan fingerprint density at radius 2 is 2.05 bits per heavy atom. The smallest absolute Gasteiger partial charge is 0.254 e. The molecule has 19 heavy (non-hydrogen) atoms. The Labute approximate surface area is 120 Å². The minimum Gasteiger partial charge on any atom is -0.334 e. The van der Waals surface area contributed by atoms with Gasteiger partial charge in [-0.05, 0) is 55.4 Å². The van der Waals surface area contributed by atoms with Gasteiger partial charge < -0.3 is 10.6 Å². The van der Waals surface area contributed by atoms with E-state index in [4.69, 9.17) is 5.73 Å². The lowest BCUT2D eigenvalue weighted by Gasteiger charge is -2.23. The van der Waals surface area contributed by atoms with E-state index in [1.54, 1.807) is 0 Å². The summed E-state index contributed by atoms with van der Waals surface area (Å²) >= 11 is 0. The predicted octanol–water partition coefficient (Wildman–Crippen LogP) is 2.16. The maximum absolute atomic E-state index is 12.5. The number of likely N-dealkylation sites (tertiary alicyclic amines) is 1. The average Bonchev–Trinajstić information content (AvgIpc) is 3.05. The van der Waals surface area contributed by atoms with Crippen LogP contribution in [0.3, 0.4) is 0 Å². The van der Waals surface area contributed by atoms with Gasteiger partial charge in [-0.2, -0.15) is 0 Å². The number of rotatable bonds is 2. The number of halogens is 1. The third-order valence-corrected chi connectivity index (χ3v) is 4.26. The van der Waals surface area contributed by atoms with Crippen molar-refractivity contribution in [1.82, 2.24) is 4.90 Å². The quantitative estimate of drug-likeness (QED) is 0.902. The fourth-order valence-corrected chi connectivity index (χ4v) is 3.22. The third kappa shape index (κ3) is 2.63. The molecule has 0 radical (unpaired) electrons. The van der Waals surface area contributed by atoms with Gasteiger partial charge in [-0.25, -0.2) is 0 Å². The Morgan fingerprint density at radius 3 is 2.84 bits per heavy atom. The van der Waals surface area contributed by atoms with Crippen molar-refractivity contribution in [3.05, 3.63) is 34.9 Å². The van der Waals surface area contributed by atoms with Crippen LogP contribution in [0.15, 0.2) is 18.2 Å². The maximum Gasteiger partial charge on any atom is 0.254 e. The number of carbonyl (C=O) groups excluding carboxylic acids is 1. The number of aryl methyl sites for hydroxylation is 2. The molecule has 1 fully saturated rings. The summed E-state index contributed by atoms with van der Waals surface area (Å²) < 4.78 is 0. The summed E-state index contributed by atoms with van der Waals surface area (Å²) in [6, 6.07) is 6.45. The summed E-state index contributed by atoms with van der Waals surface area (Å²) in [7, 11) is 0. The van der Waals surface area contributed by atoms with E-state index < -0.39 is 0 Å². The van der Waals surface area contributed by atoms with Gasteiger partial charge in [-0.1, -0.05) is 6.07 Å². The second-order valence-electron chi connectivity index (χ2n) is 5.37. The Balaban J connectivity index is 0.00000133. The molecule has 1 aromatic carbocycles. The van der Waals surface area contributed by atoms with E-state index in [9.17, 15) is 4.79 Å². The van der Waals surface area contributed by atoms with Crippen LogP contribution < -0.4 is 5.73 Å². The first-order valence-electron chi connectivity index (χ1n) is 6.92. The van der Waals surface area contributed by atoms with Crippen LogP contribution in [-0.4, -0.2) is 29.9 Å². The second kappa shape index (κ2) is 5.93. The molecule has 1 heterocycles. The number of amides is 1. The minimum atomic E-state index is 0. The number of nitrogens with two attached hydrogens (primary N) is 1. The van der Waals surface area contributed by atoms with E-state index >= 15 is 0 Å². The average molecular weight is 281 g/mol. The summed E-state index contributed by atoms with van der Waals surface area (Å²) in [5.74, 6) is 0.164. The Kier molecular flexibility index (Phi) is 4.48. The van der Waals surface area contributed by atoms with Crippen molar-refractivity contribution in [3.63, 3.8) is 0 Å². The van der Waals surface area contributed by atoms with Crippen LogP contribution in [0.5, 0.6) is 0 Å². The molecule has 1 aromatic rings. The zero-order valence-corrected chi connectivity index (χ0v) is 11.9. The number of nitrogens with zero attached hydrogens (tertiary/aromatic N) is 1. The van der Waals surface area contributed by atoms with Crippen LogP contribution in [0, 0.1) is 0 Å². The van der Waals surface area contributed by atoms with E-state index in [1.807, 2.05) is 11.0 Å². The molecular formula is C15H21ClN2O. The highest BCUT2D eigenvalue weighted by Gasteiger charge is 2.28. The number of carbonyl (C=O) groups is 1. The molecule has 3 rings (SSSR count). The highest BCUT2D eigenvalue weighted by Crippen LogP contribution is 2.25. The third-order valence-electron chi connectivity index (χ3n) is 4.26. The molecule has 1 saturated heterocycles. The monoisotopic (exact) mass is 280 g/mol. The van der Waals surface area contributed by atoms with Gasteiger partial charge in [0, 0.05) is 24.7 Å². The summed E-state index contributed by atoms with van der Waals surface area (Å²) in [6.45, 7) is 1.44. The number of fused-ring (bicyclic) bond motifs is 1. The molecule has 3 nitrogen and oxygen atoms in total. The van der Waals surface area contributed by atoms with Gasteiger partial charge in [-0.15, -0.1) is 12.4 Å². The SMILES string of the molecule is Cl.NCC1CCCN1C(=O)c1ccc2c(c1)CCC2.